The molecule has 4 aromatic rings. The summed E-state index contributed by atoms with van der Waals surface area (Å²) < 4.78 is 11.7. The number of aryl methyl sites for hydroxylation is 1. The Morgan fingerprint density at radius 2 is 2.00 bits per heavy atom. The third kappa shape index (κ3) is 5.99. The Morgan fingerprint density at radius 1 is 1.14 bits per heavy atom. The Morgan fingerprint density at radius 3 is 2.76 bits per heavy atom. The molecule has 14 nitrogen and oxygen atoms in total. The molecule has 2 aliphatic rings. The van der Waals surface area contributed by atoms with Crippen LogP contribution in [0.15, 0.2) is 47.2 Å². The van der Waals surface area contributed by atoms with Crippen LogP contribution in [0.2, 0.25) is 0 Å². The molecule has 0 bridgehead atoms. The van der Waals surface area contributed by atoms with Gasteiger partial charge in [0.25, 0.3) is 0 Å². The number of allylic oxidation sites excluding steroid dienone is 1. The molecule has 14 heteroatoms. The van der Waals surface area contributed by atoms with Gasteiger partial charge in [0.05, 0.1) is 49.6 Å². The number of ether oxygens (including phenoxy) is 1. The van der Waals surface area contributed by atoms with E-state index in [1.807, 2.05) is 32.6 Å². The predicted octanol–water partition coefficient (Wildman–Crippen LogP) is 2.29. The number of nitrogens with zero attached hydrogens (tertiary/aromatic N) is 13. The minimum Gasteiger partial charge on any atom is -0.373 e. The molecule has 0 amide bonds. The molecule has 0 radical (unpaired) electrons. The lowest BCUT2D eigenvalue weighted by Gasteiger charge is -2.33. The van der Waals surface area contributed by atoms with E-state index in [4.69, 9.17) is 14.7 Å². The maximum absolute atomic E-state index is 6.07. The molecule has 220 valence electrons. The minimum absolute atomic E-state index is 0.165. The van der Waals surface area contributed by atoms with Crippen molar-refractivity contribution in [2.24, 2.45) is 17.0 Å². The molecule has 2 aliphatic heterocycles. The molecule has 6 rings (SSSR count). The highest BCUT2D eigenvalue weighted by Crippen LogP contribution is 2.24. The Kier molecular flexibility index (Phi) is 8.15. The van der Waals surface area contributed by atoms with Crippen LogP contribution in [-0.4, -0.2) is 112 Å². The lowest BCUT2D eigenvalue weighted by Crippen LogP contribution is -2.46. The predicted molar refractivity (Wildman–Crippen MR) is 160 cm³/mol. The summed E-state index contributed by atoms with van der Waals surface area (Å²) in [4.78, 5) is 22.7. The molecule has 4 aromatic heterocycles. The maximum atomic E-state index is 6.07. The second kappa shape index (κ2) is 12.3. The maximum Gasteiger partial charge on any atom is 0.224 e. The van der Waals surface area contributed by atoms with E-state index in [0.717, 1.165) is 49.2 Å². The lowest BCUT2D eigenvalue weighted by atomic mass is 10.1. The number of rotatable bonds is 7. The first-order valence-electron chi connectivity index (χ1n) is 14.4. The van der Waals surface area contributed by atoms with Crippen LogP contribution in [0, 0.1) is 0 Å². The molecule has 0 spiro atoms. The fourth-order valence-corrected chi connectivity index (χ4v) is 5.47. The fourth-order valence-electron chi connectivity index (χ4n) is 5.47. The molecule has 42 heavy (non-hydrogen) atoms. The van der Waals surface area contributed by atoms with Gasteiger partial charge in [0.2, 0.25) is 11.6 Å². The second-order valence-electron chi connectivity index (χ2n) is 10.8. The van der Waals surface area contributed by atoms with E-state index in [0.29, 0.717) is 55.2 Å². The first-order chi connectivity index (χ1) is 20.5. The summed E-state index contributed by atoms with van der Waals surface area (Å²) in [5, 5.41) is 17.4. The number of guanidine groups is 1. The third-order valence-corrected chi connectivity index (χ3v) is 7.98. The molecule has 1 atom stereocenters. The number of likely N-dealkylation sites (tertiary alicyclic amines) is 1. The van der Waals surface area contributed by atoms with Crippen molar-refractivity contribution in [3.63, 3.8) is 0 Å². The highest BCUT2D eigenvalue weighted by atomic mass is 16.5. The van der Waals surface area contributed by atoms with Crippen LogP contribution >= 0.6 is 0 Å². The van der Waals surface area contributed by atoms with Gasteiger partial charge in [0.15, 0.2) is 5.65 Å². The Hall–Kier alpha value is -4.30. The number of aromatic nitrogens is 9. The molecular weight excluding hydrogens is 534 g/mol. The fraction of sp³-hybridized carbons (Fsp3) is 0.500. The number of hydrogen-bond acceptors (Lipinski definition) is 9. The van der Waals surface area contributed by atoms with Gasteiger partial charge >= 0.3 is 0 Å². The van der Waals surface area contributed by atoms with Crippen LogP contribution in [0.3, 0.4) is 0 Å². The van der Waals surface area contributed by atoms with E-state index >= 15 is 0 Å². The lowest BCUT2D eigenvalue weighted by molar-refractivity contribution is -0.0160. The van der Waals surface area contributed by atoms with Crippen LogP contribution in [-0.2, 0) is 18.3 Å². The van der Waals surface area contributed by atoms with Crippen molar-refractivity contribution in [2.45, 2.75) is 45.4 Å². The van der Waals surface area contributed by atoms with Gasteiger partial charge in [-0.1, -0.05) is 12.1 Å². The highest BCUT2D eigenvalue weighted by molar-refractivity contribution is 5.85. The van der Waals surface area contributed by atoms with Gasteiger partial charge in [-0.15, -0.1) is 5.10 Å². The zero-order valence-corrected chi connectivity index (χ0v) is 24.4. The standard InChI is InChI=1S/C28H37N13O/c1-5-38-8-6-23(7-9-38)40-17-21(13-33-40)20(2)12-31-28(29-3)39-10-11-42-24(18-39)19-41-27-26(35-36-41)30-15-25(34-27)22-14-32-37(4)16-22/h12-17,23-24H,3,5-11,18-19H2,1-2,4H3/b20-12+,31-28+/t24-/m0/s1. The van der Waals surface area contributed by atoms with Gasteiger partial charge in [-0.2, -0.15) is 10.2 Å². The Balaban J connectivity index is 1.12. The molecular formula is C28H37N13O. The van der Waals surface area contributed by atoms with E-state index in [2.05, 4.69) is 64.8 Å². The van der Waals surface area contributed by atoms with Gasteiger partial charge in [-0.05, 0) is 38.6 Å². The number of morpholine rings is 1. The van der Waals surface area contributed by atoms with E-state index in [-0.39, 0.29) is 6.10 Å². The third-order valence-electron chi connectivity index (χ3n) is 7.98. The molecule has 0 saturated carbocycles. The topological polar surface area (TPSA) is 133 Å². The molecule has 0 N–H and O–H groups in total. The number of fused-ring (bicyclic) bond motifs is 1. The van der Waals surface area contributed by atoms with Gasteiger partial charge in [-0.25, -0.2) is 24.6 Å². The highest BCUT2D eigenvalue weighted by Gasteiger charge is 2.25. The van der Waals surface area contributed by atoms with E-state index in [1.54, 1.807) is 21.8 Å². The zero-order valence-electron chi connectivity index (χ0n) is 24.4. The van der Waals surface area contributed by atoms with Crippen molar-refractivity contribution >= 4 is 29.5 Å². The van der Waals surface area contributed by atoms with Crippen molar-refractivity contribution in [1.29, 1.82) is 0 Å². The molecule has 0 aromatic carbocycles. The van der Waals surface area contributed by atoms with Gasteiger partial charge < -0.3 is 14.5 Å². The molecule has 0 unspecified atom stereocenters. The Bertz CT molecular complexity index is 1590. The summed E-state index contributed by atoms with van der Waals surface area (Å²) >= 11 is 0. The van der Waals surface area contributed by atoms with Crippen molar-refractivity contribution in [2.75, 3.05) is 39.3 Å². The number of hydrogen-bond donors (Lipinski definition) is 0. The van der Waals surface area contributed by atoms with E-state index in [1.165, 1.54) is 0 Å². The molecule has 0 aliphatic carbocycles. The van der Waals surface area contributed by atoms with Crippen LogP contribution in [0.4, 0.5) is 0 Å². The van der Waals surface area contributed by atoms with Crippen LogP contribution in [0.1, 0.15) is 38.3 Å². The normalized spacial score (nSPS) is 19.6. The summed E-state index contributed by atoms with van der Waals surface area (Å²) in [6.45, 7) is 13.6. The van der Waals surface area contributed by atoms with E-state index < -0.39 is 0 Å². The average molecular weight is 572 g/mol. The molecule has 2 fully saturated rings. The van der Waals surface area contributed by atoms with Crippen molar-refractivity contribution in [1.82, 2.24) is 54.3 Å². The first kappa shape index (κ1) is 27.8. The number of piperidine rings is 1. The summed E-state index contributed by atoms with van der Waals surface area (Å²) in [7, 11) is 1.87. The summed E-state index contributed by atoms with van der Waals surface area (Å²) in [6.07, 6.45) is 13.3. The molecule has 2 saturated heterocycles. The summed E-state index contributed by atoms with van der Waals surface area (Å²) in [5.41, 5.74) is 4.76. The van der Waals surface area contributed by atoms with Crippen LogP contribution < -0.4 is 0 Å². The zero-order chi connectivity index (χ0) is 29.1. The largest absolute Gasteiger partial charge is 0.373 e. The quantitative estimate of drug-likeness (QED) is 0.242. The first-order valence-corrected chi connectivity index (χ1v) is 14.4. The smallest absolute Gasteiger partial charge is 0.224 e. The van der Waals surface area contributed by atoms with Gasteiger partial charge in [0, 0.05) is 62.9 Å². The van der Waals surface area contributed by atoms with Crippen LogP contribution in [0.5, 0.6) is 0 Å². The summed E-state index contributed by atoms with van der Waals surface area (Å²) in [6, 6.07) is 0.448. The van der Waals surface area contributed by atoms with E-state index in [9.17, 15) is 0 Å². The van der Waals surface area contributed by atoms with Crippen LogP contribution in [0.25, 0.3) is 28.1 Å². The monoisotopic (exact) mass is 571 g/mol. The Labute approximate surface area is 244 Å². The van der Waals surface area contributed by atoms with Crippen molar-refractivity contribution in [3.8, 4) is 11.3 Å². The number of aliphatic imine (C=N–C) groups is 2. The average Bonchev–Trinajstić information content (AvgIpc) is 3.78. The summed E-state index contributed by atoms with van der Waals surface area (Å²) in [5.74, 6) is 0.559. The molecule has 6 heterocycles. The minimum atomic E-state index is -0.165. The van der Waals surface area contributed by atoms with Gasteiger partial charge in [-0.3, -0.25) is 9.36 Å². The SMILES string of the molecule is C=N/C(=N\C=C(/C)c1cnn(C2CCN(CC)CC2)c1)N1CCO[C@H](Cn2nnc3ncc(-c4cnn(C)c4)nc32)C1. The van der Waals surface area contributed by atoms with Crippen molar-refractivity contribution in [3.05, 3.63) is 42.7 Å². The van der Waals surface area contributed by atoms with Gasteiger partial charge in [0.1, 0.15) is 0 Å². The van der Waals surface area contributed by atoms with Crippen molar-refractivity contribution < 1.29 is 4.74 Å². The second-order valence-corrected chi connectivity index (χ2v) is 10.8.